The number of rotatable bonds is 5. The summed E-state index contributed by atoms with van der Waals surface area (Å²) in [6.07, 6.45) is -4.52. The first-order chi connectivity index (χ1) is 9.29. The third-order valence-corrected chi connectivity index (χ3v) is 2.65. The lowest BCUT2D eigenvalue weighted by molar-refractivity contribution is -0.136. The molecule has 0 spiro atoms. The maximum atomic E-state index is 12.9. The summed E-state index contributed by atoms with van der Waals surface area (Å²) < 4.78 is 43.5. The summed E-state index contributed by atoms with van der Waals surface area (Å²) in [5.41, 5.74) is -0.981. The summed E-state index contributed by atoms with van der Waals surface area (Å²) in [5, 5.41) is 5.02. The number of hydrogen-bond acceptors (Lipinski definition) is 3. The van der Waals surface area contributed by atoms with Crippen molar-refractivity contribution in [3.05, 3.63) is 29.3 Å². The van der Waals surface area contributed by atoms with Gasteiger partial charge in [-0.25, -0.2) is 0 Å². The van der Waals surface area contributed by atoms with Crippen LogP contribution in [0.1, 0.15) is 22.8 Å². The highest BCUT2D eigenvalue weighted by Gasteiger charge is 2.34. The van der Waals surface area contributed by atoms with Gasteiger partial charge in [0.1, 0.15) is 0 Å². The molecule has 1 aromatic carbocycles. The SMILES string of the molecule is CNc1ccc(C(=O)NC(C)COC)cc1C(F)(F)F. The second-order valence-corrected chi connectivity index (χ2v) is 4.34. The van der Waals surface area contributed by atoms with E-state index in [1.165, 1.54) is 26.3 Å². The number of methoxy groups -OCH3 is 1. The van der Waals surface area contributed by atoms with E-state index in [2.05, 4.69) is 10.6 Å². The highest BCUT2D eigenvalue weighted by Crippen LogP contribution is 2.35. The zero-order valence-electron chi connectivity index (χ0n) is 11.5. The molecule has 20 heavy (non-hydrogen) atoms. The van der Waals surface area contributed by atoms with Crippen LogP contribution in [0.25, 0.3) is 0 Å². The van der Waals surface area contributed by atoms with Gasteiger partial charge in [-0.05, 0) is 25.1 Å². The quantitative estimate of drug-likeness (QED) is 0.876. The van der Waals surface area contributed by atoms with E-state index in [-0.39, 0.29) is 23.9 Å². The Kier molecular flexibility index (Phi) is 5.38. The third kappa shape index (κ3) is 4.12. The second kappa shape index (κ2) is 6.60. The molecular formula is C13H17F3N2O2. The minimum atomic E-state index is -4.52. The maximum Gasteiger partial charge on any atom is 0.418 e. The molecule has 0 aliphatic rings. The minimum absolute atomic E-state index is 0.0423. The van der Waals surface area contributed by atoms with E-state index < -0.39 is 17.6 Å². The average molecular weight is 290 g/mol. The van der Waals surface area contributed by atoms with Crippen LogP contribution in [0.15, 0.2) is 18.2 Å². The summed E-state index contributed by atoms with van der Waals surface area (Å²) in [4.78, 5) is 11.9. The molecule has 0 aliphatic heterocycles. The lowest BCUT2D eigenvalue weighted by atomic mass is 10.1. The number of carbonyl (C=O) groups is 1. The Morgan fingerprint density at radius 2 is 2.05 bits per heavy atom. The molecule has 1 atom stereocenters. The summed E-state index contributed by atoms with van der Waals surface area (Å²) in [6, 6.07) is 3.13. The normalized spacial score (nSPS) is 12.9. The molecule has 2 N–H and O–H groups in total. The molecule has 0 saturated carbocycles. The van der Waals surface area contributed by atoms with E-state index in [4.69, 9.17) is 4.74 Å². The number of hydrogen-bond donors (Lipinski definition) is 2. The van der Waals surface area contributed by atoms with Crippen molar-refractivity contribution in [2.75, 3.05) is 26.1 Å². The van der Waals surface area contributed by atoms with Crippen molar-refractivity contribution in [3.8, 4) is 0 Å². The predicted molar refractivity (Wildman–Crippen MR) is 69.8 cm³/mol. The number of amides is 1. The van der Waals surface area contributed by atoms with Crippen LogP contribution in [0.2, 0.25) is 0 Å². The lowest BCUT2D eigenvalue weighted by Gasteiger charge is -2.16. The Hall–Kier alpha value is -1.76. The van der Waals surface area contributed by atoms with Crippen LogP contribution in [0.3, 0.4) is 0 Å². The van der Waals surface area contributed by atoms with E-state index in [0.29, 0.717) is 0 Å². The van der Waals surface area contributed by atoms with Crippen molar-refractivity contribution in [1.29, 1.82) is 0 Å². The summed E-state index contributed by atoms with van der Waals surface area (Å²) in [5.74, 6) is -0.567. The number of benzene rings is 1. The number of alkyl halides is 3. The number of nitrogens with one attached hydrogen (secondary N) is 2. The van der Waals surface area contributed by atoms with Crippen molar-refractivity contribution in [3.63, 3.8) is 0 Å². The molecular weight excluding hydrogens is 273 g/mol. The van der Waals surface area contributed by atoms with Crippen molar-refractivity contribution < 1.29 is 22.7 Å². The number of halogens is 3. The molecule has 0 saturated heterocycles. The second-order valence-electron chi connectivity index (χ2n) is 4.34. The number of ether oxygens (including phenoxy) is 1. The molecule has 0 aliphatic carbocycles. The van der Waals surface area contributed by atoms with Crippen LogP contribution in [-0.2, 0) is 10.9 Å². The Bertz CT molecular complexity index is 475. The van der Waals surface area contributed by atoms with Gasteiger partial charge in [-0.2, -0.15) is 13.2 Å². The van der Waals surface area contributed by atoms with Gasteiger partial charge in [0, 0.05) is 31.5 Å². The van der Waals surface area contributed by atoms with Gasteiger partial charge in [-0.3, -0.25) is 4.79 Å². The predicted octanol–water partition coefficient (Wildman–Crippen LogP) is 2.51. The van der Waals surface area contributed by atoms with Crippen molar-refractivity contribution >= 4 is 11.6 Å². The molecule has 0 bridgehead atoms. The average Bonchev–Trinajstić information content (AvgIpc) is 2.37. The third-order valence-electron chi connectivity index (χ3n) is 2.65. The lowest BCUT2D eigenvalue weighted by Crippen LogP contribution is -2.35. The molecule has 1 unspecified atom stereocenters. The fourth-order valence-corrected chi connectivity index (χ4v) is 1.74. The van der Waals surface area contributed by atoms with Gasteiger partial charge >= 0.3 is 6.18 Å². The van der Waals surface area contributed by atoms with Crippen LogP contribution in [0.4, 0.5) is 18.9 Å². The fourth-order valence-electron chi connectivity index (χ4n) is 1.74. The van der Waals surface area contributed by atoms with E-state index >= 15 is 0 Å². The first-order valence-corrected chi connectivity index (χ1v) is 5.98. The van der Waals surface area contributed by atoms with E-state index in [9.17, 15) is 18.0 Å². The van der Waals surface area contributed by atoms with Gasteiger partial charge in [-0.15, -0.1) is 0 Å². The fraction of sp³-hybridized carbons (Fsp3) is 0.462. The van der Waals surface area contributed by atoms with Crippen molar-refractivity contribution in [2.24, 2.45) is 0 Å². The monoisotopic (exact) mass is 290 g/mol. The molecule has 1 rings (SSSR count). The highest BCUT2D eigenvalue weighted by molar-refractivity contribution is 5.95. The smallest absolute Gasteiger partial charge is 0.388 e. The van der Waals surface area contributed by atoms with Gasteiger partial charge in [0.2, 0.25) is 0 Å². The summed E-state index contributed by atoms with van der Waals surface area (Å²) in [7, 11) is 2.87. The largest absolute Gasteiger partial charge is 0.418 e. The zero-order valence-corrected chi connectivity index (χ0v) is 11.5. The Balaban J connectivity index is 3.00. The molecule has 0 radical (unpaired) electrons. The number of carbonyl (C=O) groups excluding carboxylic acids is 1. The van der Waals surface area contributed by atoms with Gasteiger partial charge in [0.25, 0.3) is 5.91 Å². The van der Waals surface area contributed by atoms with Gasteiger partial charge < -0.3 is 15.4 Å². The molecule has 7 heteroatoms. The van der Waals surface area contributed by atoms with Crippen molar-refractivity contribution in [2.45, 2.75) is 19.1 Å². The van der Waals surface area contributed by atoms with Gasteiger partial charge in [-0.1, -0.05) is 0 Å². The Morgan fingerprint density at radius 1 is 1.40 bits per heavy atom. The molecule has 0 heterocycles. The molecule has 1 aromatic rings. The standard InChI is InChI=1S/C13H17F3N2O2/c1-8(7-20-3)18-12(19)9-4-5-11(17-2)10(6-9)13(14,15)16/h4-6,8,17H,7H2,1-3H3,(H,18,19). The molecule has 4 nitrogen and oxygen atoms in total. The molecule has 1 amide bonds. The zero-order chi connectivity index (χ0) is 15.3. The molecule has 0 fully saturated rings. The van der Waals surface area contributed by atoms with E-state index in [1.807, 2.05) is 0 Å². The molecule has 112 valence electrons. The molecule has 0 aromatic heterocycles. The highest BCUT2D eigenvalue weighted by atomic mass is 19.4. The topological polar surface area (TPSA) is 50.4 Å². The maximum absolute atomic E-state index is 12.9. The van der Waals surface area contributed by atoms with Crippen LogP contribution >= 0.6 is 0 Å². The Morgan fingerprint density at radius 3 is 2.55 bits per heavy atom. The van der Waals surface area contributed by atoms with Crippen LogP contribution in [0.5, 0.6) is 0 Å². The first kappa shape index (κ1) is 16.3. The summed E-state index contributed by atoms with van der Waals surface area (Å²) in [6.45, 7) is 1.99. The van der Waals surface area contributed by atoms with Gasteiger partial charge in [0.15, 0.2) is 0 Å². The van der Waals surface area contributed by atoms with E-state index in [0.717, 1.165) is 6.07 Å². The van der Waals surface area contributed by atoms with E-state index in [1.54, 1.807) is 6.92 Å². The van der Waals surface area contributed by atoms with Crippen LogP contribution in [-0.4, -0.2) is 32.7 Å². The number of anilines is 1. The minimum Gasteiger partial charge on any atom is -0.388 e. The first-order valence-electron chi connectivity index (χ1n) is 5.98. The Labute approximate surface area is 115 Å². The van der Waals surface area contributed by atoms with Crippen molar-refractivity contribution in [1.82, 2.24) is 5.32 Å². The van der Waals surface area contributed by atoms with Gasteiger partial charge in [0.05, 0.1) is 12.2 Å². The van der Waals surface area contributed by atoms with Crippen LogP contribution < -0.4 is 10.6 Å². The van der Waals surface area contributed by atoms with Crippen LogP contribution in [0, 0.1) is 0 Å². The summed E-state index contributed by atoms with van der Waals surface area (Å²) >= 11 is 0.